The second-order valence-electron chi connectivity index (χ2n) is 6.70. The van der Waals surface area contributed by atoms with E-state index < -0.39 is 0 Å². The van der Waals surface area contributed by atoms with Gasteiger partial charge in [0.2, 0.25) is 5.91 Å². The first-order valence-electron chi connectivity index (χ1n) is 9.46. The van der Waals surface area contributed by atoms with E-state index in [0.717, 1.165) is 15.0 Å². The van der Waals surface area contributed by atoms with E-state index in [1.54, 1.807) is 0 Å². The smallest absolute Gasteiger partial charge is 0.277 e. The highest BCUT2D eigenvalue weighted by Crippen LogP contribution is 2.41. The number of benzene rings is 2. The Kier molecular flexibility index (Phi) is 5.71. The molecule has 0 fully saturated rings. The topological polar surface area (TPSA) is 86.5 Å². The summed E-state index contributed by atoms with van der Waals surface area (Å²) in [4.78, 5) is 12.9. The molecule has 31 heavy (non-hydrogen) atoms. The number of aromatic nitrogens is 2. The van der Waals surface area contributed by atoms with E-state index in [4.69, 9.17) is 25.5 Å². The minimum atomic E-state index is -0.242. The van der Waals surface area contributed by atoms with Crippen LogP contribution in [0, 0.1) is 0 Å². The summed E-state index contributed by atoms with van der Waals surface area (Å²) in [5.41, 5.74) is 0. The molecule has 1 aliphatic rings. The lowest BCUT2D eigenvalue weighted by Gasteiger charge is -2.26. The predicted octanol–water partition coefficient (Wildman–Crippen LogP) is 4.65. The molecule has 0 saturated heterocycles. The van der Waals surface area contributed by atoms with Crippen LogP contribution in [-0.2, 0) is 4.79 Å². The average Bonchev–Trinajstić information content (AvgIpc) is 3.41. The molecule has 1 atom stereocenters. The Bertz CT molecular complexity index is 1240. The number of hydrogen-bond donors (Lipinski definition) is 1. The molecule has 0 radical (unpaired) electrons. The van der Waals surface area contributed by atoms with E-state index in [1.165, 1.54) is 23.1 Å². The predicted molar refractivity (Wildman–Crippen MR) is 120 cm³/mol. The van der Waals surface area contributed by atoms with Gasteiger partial charge in [-0.2, -0.15) is 0 Å². The van der Waals surface area contributed by atoms with Gasteiger partial charge >= 0.3 is 0 Å². The summed E-state index contributed by atoms with van der Waals surface area (Å²) in [7, 11) is 0. The van der Waals surface area contributed by atoms with Gasteiger partial charge in [-0.3, -0.25) is 4.79 Å². The van der Waals surface area contributed by atoms with Gasteiger partial charge < -0.3 is 19.2 Å². The first-order valence-corrected chi connectivity index (χ1v) is 11.6. The maximum Gasteiger partial charge on any atom is 0.277 e. The number of thioether (sulfide) groups is 1. The summed E-state index contributed by atoms with van der Waals surface area (Å²) >= 11 is 9.13. The van der Waals surface area contributed by atoms with Gasteiger partial charge in [0.15, 0.2) is 11.5 Å². The SMILES string of the molecule is O=C(CSc1nnc(-c2sc3ccccc3c2Cl)o1)NC[C@H]1COc2ccccc2O1. The fraction of sp³-hybridized carbons (Fsp3) is 0.190. The fourth-order valence-electron chi connectivity index (χ4n) is 3.08. The number of nitrogens with one attached hydrogen (secondary N) is 1. The summed E-state index contributed by atoms with van der Waals surface area (Å²) in [6.45, 7) is 0.730. The van der Waals surface area contributed by atoms with Crippen LogP contribution in [0.3, 0.4) is 0 Å². The van der Waals surface area contributed by atoms with Crippen molar-refractivity contribution < 1.29 is 18.7 Å². The van der Waals surface area contributed by atoms with E-state index >= 15 is 0 Å². The van der Waals surface area contributed by atoms with E-state index in [9.17, 15) is 4.79 Å². The van der Waals surface area contributed by atoms with E-state index in [1.807, 2.05) is 48.5 Å². The molecular weight excluding hydrogens is 458 g/mol. The first-order chi connectivity index (χ1) is 15.2. The van der Waals surface area contributed by atoms with Crippen LogP contribution in [0.1, 0.15) is 0 Å². The van der Waals surface area contributed by atoms with Crippen LogP contribution in [0.4, 0.5) is 0 Å². The number of amides is 1. The Hall–Kier alpha value is -2.75. The number of thiophene rings is 1. The minimum Gasteiger partial charge on any atom is -0.486 e. The number of nitrogens with zero attached hydrogens (tertiary/aromatic N) is 2. The first kappa shape index (κ1) is 20.2. The molecule has 3 heterocycles. The van der Waals surface area contributed by atoms with Crippen molar-refractivity contribution in [3.05, 3.63) is 53.6 Å². The zero-order valence-electron chi connectivity index (χ0n) is 16.0. The van der Waals surface area contributed by atoms with Crippen molar-refractivity contribution >= 4 is 50.7 Å². The third-order valence-electron chi connectivity index (χ3n) is 4.56. The summed E-state index contributed by atoms with van der Waals surface area (Å²) in [5, 5.41) is 12.8. The molecule has 0 spiro atoms. The van der Waals surface area contributed by atoms with Gasteiger partial charge in [-0.05, 0) is 18.2 Å². The monoisotopic (exact) mass is 473 g/mol. The normalized spacial score (nSPS) is 15.2. The molecule has 4 aromatic rings. The molecule has 7 nitrogen and oxygen atoms in total. The largest absolute Gasteiger partial charge is 0.486 e. The van der Waals surface area contributed by atoms with Gasteiger partial charge in [0.25, 0.3) is 11.1 Å². The van der Waals surface area contributed by atoms with Crippen molar-refractivity contribution in [1.82, 2.24) is 15.5 Å². The minimum absolute atomic E-state index is 0.145. The molecule has 1 amide bonds. The molecule has 1 N–H and O–H groups in total. The van der Waals surface area contributed by atoms with Crippen molar-refractivity contribution in [2.24, 2.45) is 0 Å². The summed E-state index contributed by atoms with van der Waals surface area (Å²) in [6, 6.07) is 15.3. The molecule has 2 aromatic heterocycles. The molecular formula is C21H16ClN3O4S2. The average molecular weight is 474 g/mol. The lowest BCUT2D eigenvalue weighted by molar-refractivity contribution is -0.119. The van der Waals surface area contributed by atoms with Crippen LogP contribution >= 0.6 is 34.7 Å². The van der Waals surface area contributed by atoms with Gasteiger partial charge in [-0.15, -0.1) is 21.5 Å². The Balaban J connectivity index is 1.14. The van der Waals surface area contributed by atoms with Crippen LogP contribution in [0.2, 0.25) is 5.02 Å². The van der Waals surface area contributed by atoms with Gasteiger partial charge in [0.1, 0.15) is 17.6 Å². The summed E-state index contributed by atoms with van der Waals surface area (Å²) in [5.74, 6) is 1.73. The zero-order chi connectivity index (χ0) is 21.2. The lowest BCUT2D eigenvalue weighted by atomic mass is 10.2. The highest BCUT2D eigenvalue weighted by atomic mass is 35.5. The van der Waals surface area contributed by atoms with Gasteiger partial charge in [0.05, 0.1) is 17.3 Å². The van der Waals surface area contributed by atoms with Crippen LogP contribution in [-0.4, -0.2) is 41.1 Å². The molecule has 10 heteroatoms. The zero-order valence-corrected chi connectivity index (χ0v) is 18.4. The maximum atomic E-state index is 12.2. The van der Waals surface area contributed by atoms with Crippen molar-refractivity contribution in [2.75, 3.05) is 18.9 Å². The number of hydrogen-bond acceptors (Lipinski definition) is 8. The second-order valence-corrected chi connectivity index (χ2v) is 9.06. The second kappa shape index (κ2) is 8.78. The lowest BCUT2D eigenvalue weighted by Crippen LogP contribution is -2.41. The van der Waals surface area contributed by atoms with Crippen molar-refractivity contribution in [3.8, 4) is 22.3 Å². The quantitative estimate of drug-likeness (QED) is 0.408. The van der Waals surface area contributed by atoms with Crippen molar-refractivity contribution in [2.45, 2.75) is 11.3 Å². The van der Waals surface area contributed by atoms with Crippen LogP contribution in [0.25, 0.3) is 20.9 Å². The van der Waals surface area contributed by atoms with Crippen LogP contribution in [0.5, 0.6) is 11.5 Å². The molecule has 5 rings (SSSR count). The van der Waals surface area contributed by atoms with E-state index in [2.05, 4.69) is 15.5 Å². The van der Waals surface area contributed by atoms with Crippen molar-refractivity contribution in [1.29, 1.82) is 0 Å². The number of carbonyl (C=O) groups is 1. The number of para-hydroxylation sites is 2. The standard InChI is InChI=1S/C21H16ClN3O4S2/c22-18-13-5-1-4-8-16(13)31-19(18)20-24-25-21(29-20)30-11-17(26)23-9-12-10-27-14-6-2-3-7-15(14)28-12/h1-8,12H,9-11H2,(H,23,26)/t12-/m0/s1. The van der Waals surface area contributed by atoms with Crippen LogP contribution < -0.4 is 14.8 Å². The van der Waals surface area contributed by atoms with Crippen LogP contribution in [0.15, 0.2) is 58.2 Å². The Morgan fingerprint density at radius 2 is 1.97 bits per heavy atom. The Morgan fingerprint density at radius 1 is 1.16 bits per heavy atom. The third kappa shape index (κ3) is 4.34. The van der Waals surface area contributed by atoms with Gasteiger partial charge in [-0.1, -0.05) is 53.7 Å². The molecule has 1 aliphatic heterocycles. The molecule has 0 saturated carbocycles. The molecule has 158 valence electrons. The van der Waals surface area contributed by atoms with E-state index in [-0.39, 0.29) is 17.8 Å². The third-order valence-corrected chi connectivity index (χ3v) is 7.04. The van der Waals surface area contributed by atoms with E-state index in [0.29, 0.717) is 40.8 Å². The molecule has 0 aliphatic carbocycles. The highest BCUT2D eigenvalue weighted by molar-refractivity contribution is 7.99. The fourth-order valence-corrected chi connectivity index (χ4v) is 5.11. The van der Waals surface area contributed by atoms with Gasteiger partial charge in [0, 0.05) is 10.1 Å². The maximum absolute atomic E-state index is 12.2. The van der Waals surface area contributed by atoms with Crippen molar-refractivity contribution in [3.63, 3.8) is 0 Å². The summed E-state index contributed by atoms with van der Waals surface area (Å²) < 4.78 is 18.2. The highest BCUT2D eigenvalue weighted by Gasteiger charge is 2.22. The van der Waals surface area contributed by atoms with Gasteiger partial charge in [-0.25, -0.2) is 0 Å². The number of halogens is 1. The molecule has 0 unspecified atom stereocenters. The number of rotatable bonds is 6. The molecule has 0 bridgehead atoms. The Labute approximate surface area is 190 Å². The Morgan fingerprint density at radius 3 is 2.84 bits per heavy atom. The summed E-state index contributed by atoms with van der Waals surface area (Å²) in [6.07, 6.45) is -0.242. The number of carbonyl (C=O) groups excluding carboxylic acids is 1. The molecule has 2 aromatic carbocycles. The number of ether oxygens (including phenoxy) is 2. The number of fused-ring (bicyclic) bond motifs is 2.